The number of hydrogen-bond acceptors (Lipinski definition) is 4. The fourth-order valence-corrected chi connectivity index (χ4v) is 5.00. The fraction of sp³-hybridized carbons (Fsp3) is 0.500. The minimum absolute atomic E-state index is 0.0726. The van der Waals surface area contributed by atoms with Gasteiger partial charge in [0.05, 0.1) is 18.3 Å². The average Bonchev–Trinajstić information content (AvgIpc) is 3.26. The lowest BCUT2D eigenvalue weighted by molar-refractivity contribution is -0.129. The molecular formula is C26H33FN4O3. The van der Waals surface area contributed by atoms with E-state index in [0.717, 1.165) is 43.2 Å². The molecule has 1 aromatic carbocycles. The number of aromatic nitrogens is 1. The van der Waals surface area contributed by atoms with Crippen LogP contribution in [-0.2, 0) is 22.6 Å². The van der Waals surface area contributed by atoms with Crippen molar-refractivity contribution < 1.29 is 14.0 Å². The zero-order valence-corrected chi connectivity index (χ0v) is 19.6. The molecule has 2 amide bonds. The second kappa shape index (κ2) is 10.5. The second-order valence-electron chi connectivity index (χ2n) is 9.42. The van der Waals surface area contributed by atoms with E-state index in [2.05, 4.69) is 5.32 Å². The Bertz CT molecular complexity index is 1090. The number of nitrogens with two attached hydrogens (primary N) is 1. The number of carbonyl (C=O) groups is 2. The Kier molecular flexibility index (Phi) is 7.46. The SMILES string of the molecule is CC[C@H](N)C(=O)N[C@H](C(=O)N1CCc2cc(=O)n(Cc3ccc(F)cc3)cc21)C1CCCCC1. The summed E-state index contributed by atoms with van der Waals surface area (Å²) in [6, 6.07) is 6.31. The maximum absolute atomic E-state index is 13.8. The number of amides is 2. The predicted molar refractivity (Wildman–Crippen MR) is 129 cm³/mol. The standard InChI is InChI=1S/C26H33FN4O3/c1-2-21(28)25(33)29-24(18-6-4-3-5-7-18)26(34)31-13-12-19-14-23(32)30(16-22(19)31)15-17-8-10-20(27)11-9-17/h8-11,14,16,18,21,24H,2-7,12-13,15,28H2,1H3,(H,29,33)/t21-,24-/m0/s1. The van der Waals surface area contributed by atoms with Crippen LogP contribution in [0, 0.1) is 11.7 Å². The number of halogens is 1. The number of fused-ring (bicyclic) bond motifs is 1. The van der Waals surface area contributed by atoms with Gasteiger partial charge in [-0.3, -0.25) is 14.4 Å². The van der Waals surface area contributed by atoms with Crippen molar-refractivity contribution in [3.63, 3.8) is 0 Å². The molecule has 2 atom stereocenters. The van der Waals surface area contributed by atoms with E-state index in [1.54, 1.807) is 33.9 Å². The monoisotopic (exact) mass is 468 g/mol. The van der Waals surface area contributed by atoms with Crippen molar-refractivity contribution in [3.8, 4) is 0 Å². The largest absolute Gasteiger partial charge is 0.343 e. The zero-order valence-electron chi connectivity index (χ0n) is 19.6. The highest BCUT2D eigenvalue weighted by molar-refractivity contribution is 6.01. The van der Waals surface area contributed by atoms with E-state index >= 15 is 0 Å². The summed E-state index contributed by atoms with van der Waals surface area (Å²) in [7, 11) is 0. The summed E-state index contributed by atoms with van der Waals surface area (Å²) in [5.41, 5.74) is 8.10. The summed E-state index contributed by atoms with van der Waals surface area (Å²) in [4.78, 5) is 40.8. The fourth-order valence-electron chi connectivity index (χ4n) is 5.00. The van der Waals surface area contributed by atoms with Crippen LogP contribution in [0.15, 0.2) is 41.3 Å². The summed E-state index contributed by atoms with van der Waals surface area (Å²) in [6.45, 7) is 2.59. The Morgan fingerprint density at radius 2 is 1.88 bits per heavy atom. The Morgan fingerprint density at radius 3 is 2.56 bits per heavy atom. The van der Waals surface area contributed by atoms with E-state index in [1.165, 1.54) is 12.1 Å². The number of anilines is 1. The van der Waals surface area contributed by atoms with Crippen LogP contribution in [0.4, 0.5) is 10.1 Å². The second-order valence-corrected chi connectivity index (χ2v) is 9.42. The van der Waals surface area contributed by atoms with Crippen LogP contribution >= 0.6 is 0 Å². The van der Waals surface area contributed by atoms with Crippen LogP contribution in [0.25, 0.3) is 0 Å². The van der Waals surface area contributed by atoms with Crippen LogP contribution in [0.5, 0.6) is 0 Å². The topological polar surface area (TPSA) is 97.4 Å². The molecule has 8 heteroatoms. The number of nitrogens with zero attached hydrogens (tertiary/aromatic N) is 2. The van der Waals surface area contributed by atoms with Gasteiger partial charge in [-0.25, -0.2) is 4.39 Å². The molecule has 0 bridgehead atoms. The summed E-state index contributed by atoms with van der Waals surface area (Å²) >= 11 is 0. The molecule has 0 radical (unpaired) electrons. The van der Waals surface area contributed by atoms with E-state index in [1.807, 2.05) is 6.92 Å². The number of benzene rings is 1. The van der Waals surface area contributed by atoms with Crippen LogP contribution in [-0.4, -0.2) is 35.0 Å². The van der Waals surface area contributed by atoms with Gasteiger partial charge in [0, 0.05) is 18.8 Å². The normalized spacial score (nSPS) is 17.8. The highest BCUT2D eigenvalue weighted by Gasteiger charge is 2.37. The maximum Gasteiger partial charge on any atom is 0.251 e. The van der Waals surface area contributed by atoms with E-state index in [4.69, 9.17) is 5.73 Å². The van der Waals surface area contributed by atoms with Crippen molar-refractivity contribution in [3.05, 3.63) is 63.8 Å². The highest BCUT2D eigenvalue weighted by Crippen LogP contribution is 2.32. The molecule has 2 aromatic rings. The quantitative estimate of drug-likeness (QED) is 0.653. The van der Waals surface area contributed by atoms with Crippen molar-refractivity contribution >= 4 is 17.5 Å². The Morgan fingerprint density at radius 1 is 1.18 bits per heavy atom. The Labute approximate surface area is 199 Å². The molecule has 1 aromatic heterocycles. The molecule has 1 saturated carbocycles. The predicted octanol–water partition coefficient (Wildman–Crippen LogP) is 2.73. The van der Waals surface area contributed by atoms with Crippen molar-refractivity contribution in [2.45, 2.75) is 70.5 Å². The first-order valence-corrected chi connectivity index (χ1v) is 12.2. The average molecular weight is 469 g/mol. The molecular weight excluding hydrogens is 435 g/mol. The Balaban J connectivity index is 1.60. The molecule has 0 spiro atoms. The van der Waals surface area contributed by atoms with Crippen molar-refractivity contribution in [1.29, 1.82) is 0 Å². The van der Waals surface area contributed by atoms with Crippen LogP contribution in [0.2, 0.25) is 0 Å². The summed E-state index contributed by atoms with van der Waals surface area (Å²) in [6.07, 6.45) is 7.81. The minimum Gasteiger partial charge on any atom is -0.343 e. The molecule has 1 aliphatic heterocycles. The van der Waals surface area contributed by atoms with Crippen LogP contribution in [0.1, 0.15) is 56.6 Å². The van der Waals surface area contributed by atoms with Crippen molar-refractivity contribution in [1.82, 2.24) is 9.88 Å². The van der Waals surface area contributed by atoms with E-state index in [-0.39, 0.29) is 35.7 Å². The lowest BCUT2D eigenvalue weighted by Crippen LogP contribution is -2.55. The molecule has 182 valence electrons. The number of rotatable bonds is 7. The number of pyridine rings is 1. The molecule has 3 N–H and O–H groups in total. The zero-order chi connectivity index (χ0) is 24.2. The molecule has 1 fully saturated rings. The van der Waals surface area contributed by atoms with Gasteiger partial charge in [0.2, 0.25) is 11.8 Å². The van der Waals surface area contributed by atoms with Gasteiger partial charge in [-0.15, -0.1) is 0 Å². The smallest absolute Gasteiger partial charge is 0.251 e. The first kappa shape index (κ1) is 24.1. The van der Waals surface area contributed by atoms with Crippen molar-refractivity contribution in [2.75, 3.05) is 11.4 Å². The molecule has 34 heavy (non-hydrogen) atoms. The molecule has 2 aliphatic rings. The Hall–Kier alpha value is -3.00. The van der Waals surface area contributed by atoms with Gasteiger partial charge in [-0.1, -0.05) is 38.3 Å². The van der Waals surface area contributed by atoms with Gasteiger partial charge >= 0.3 is 0 Å². The molecule has 0 saturated heterocycles. The van der Waals surface area contributed by atoms with Gasteiger partial charge in [0.15, 0.2) is 0 Å². The number of nitrogens with one attached hydrogen (secondary N) is 1. The van der Waals surface area contributed by atoms with Crippen LogP contribution < -0.4 is 21.5 Å². The summed E-state index contributed by atoms with van der Waals surface area (Å²) in [5, 5.41) is 2.96. The molecule has 7 nitrogen and oxygen atoms in total. The minimum atomic E-state index is -0.648. The van der Waals surface area contributed by atoms with E-state index in [0.29, 0.717) is 25.1 Å². The van der Waals surface area contributed by atoms with E-state index in [9.17, 15) is 18.8 Å². The lowest BCUT2D eigenvalue weighted by atomic mass is 9.83. The maximum atomic E-state index is 13.8. The van der Waals surface area contributed by atoms with Crippen molar-refractivity contribution in [2.24, 2.45) is 11.7 Å². The van der Waals surface area contributed by atoms with Crippen LogP contribution in [0.3, 0.4) is 0 Å². The molecule has 2 heterocycles. The molecule has 1 aliphatic carbocycles. The van der Waals surface area contributed by atoms with Gasteiger partial charge in [-0.2, -0.15) is 0 Å². The molecule has 0 unspecified atom stereocenters. The summed E-state index contributed by atoms with van der Waals surface area (Å²) in [5.74, 6) is -0.703. The lowest BCUT2D eigenvalue weighted by Gasteiger charge is -2.33. The van der Waals surface area contributed by atoms with Gasteiger partial charge < -0.3 is 20.5 Å². The van der Waals surface area contributed by atoms with E-state index < -0.39 is 12.1 Å². The third-order valence-electron chi connectivity index (χ3n) is 7.08. The number of hydrogen-bond donors (Lipinski definition) is 2. The number of carbonyl (C=O) groups excluding carboxylic acids is 2. The first-order valence-electron chi connectivity index (χ1n) is 12.2. The third kappa shape index (κ3) is 5.22. The molecule has 4 rings (SSSR count). The summed E-state index contributed by atoms with van der Waals surface area (Å²) < 4.78 is 14.8. The third-order valence-corrected chi connectivity index (χ3v) is 7.08. The van der Waals surface area contributed by atoms with Gasteiger partial charge in [-0.05, 0) is 54.9 Å². The van der Waals surface area contributed by atoms with Gasteiger partial charge in [0.25, 0.3) is 5.56 Å². The highest BCUT2D eigenvalue weighted by atomic mass is 19.1. The first-order chi connectivity index (χ1) is 16.4. The van der Waals surface area contributed by atoms with Gasteiger partial charge in [0.1, 0.15) is 11.9 Å².